The Bertz CT molecular complexity index is 1210. The maximum Gasteiger partial charge on any atom is 1.00 e. The van der Waals surface area contributed by atoms with Gasteiger partial charge < -0.3 is 30.4 Å². The minimum absolute atomic E-state index is 0. The first kappa shape index (κ1) is 33.1. The fraction of sp³-hybridized carbons (Fsp3) is 0.0435. The van der Waals surface area contributed by atoms with E-state index < -0.39 is 0 Å². The van der Waals surface area contributed by atoms with Crippen LogP contribution in [-0.2, 0) is 57.4 Å². The molecule has 0 aliphatic heterocycles. The third-order valence-electron chi connectivity index (χ3n) is 4.19. The molecule has 201 valence electrons. The molecule has 0 spiro atoms. The number of nitrogens with zero attached hydrogens (tertiary/aromatic N) is 4. The van der Waals surface area contributed by atoms with Gasteiger partial charge in [0.25, 0.3) is 0 Å². The minimum Gasteiger partial charge on any atom is 1.00 e. The number of aliphatic imine (C=N–C) groups is 2. The van der Waals surface area contributed by atoms with Gasteiger partial charge in [0.1, 0.15) is 5.75 Å². The van der Waals surface area contributed by atoms with Crippen molar-refractivity contribution in [2.75, 3.05) is 0 Å². The van der Waals surface area contributed by atoms with Crippen molar-refractivity contribution in [1.82, 2.24) is 10.9 Å². The molecule has 0 heterocycles. The summed E-state index contributed by atoms with van der Waals surface area (Å²) in [6.45, 7) is 1.88. The second kappa shape index (κ2) is 17.6. The SMILES string of the molecule is Cc1cc(/C=N/NC([S-])=Nc2ccccc2Cl)c(O)c(/C=N/NC([S-])=Nc2ccccc2Cl)c1.[Cl][Cu+].[Cu+]. The average molecular weight is 692 g/mol. The van der Waals surface area contributed by atoms with Crippen molar-refractivity contribution in [3.8, 4) is 5.75 Å². The number of aromatic hydroxyl groups is 1. The molecule has 0 saturated carbocycles. The zero-order valence-electron chi connectivity index (χ0n) is 18.7. The van der Waals surface area contributed by atoms with Crippen molar-refractivity contribution in [2.24, 2.45) is 20.2 Å². The molecule has 0 bridgehead atoms. The molecule has 0 saturated heterocycles. The fourth-order valence-electron chi connectivity index (χ4n) is 2.70. The molecule has 0 aliphatic carbocycles. The van der Waals surface area contributed by atoms with Gasteiger partial charge in [-0.15, -0.1) is 0 Å². The van der Waals surface area contributed by atoms with Crippen molar-refractivity contribution >= 4 is 92.7 Å². The van der Waals surface area contributed by atoms with E-state index in [1.165, 1.54) is 12.4 Å². The van der Waals surface area contributed by atoms with E-state index >= 15 is 0 Å². The molecular weight excluding hydrogens is 674 g/mol. The molecule has 3 aromatic carbocycles. The van der Waals surface area contributed by atoms with Crippen molar-refractivity contribution in [3.05, 3.63) is 87.4 Å². The maximum absolute atomic E-state index is 10.6. The van der Waals surface area contributed by atoms with Gasteiger partial charge in [-0.2, -0.15) is 10.2 Å². The number of para-hydroxylation sites is 2. The molecule has 3 rings (SSSR count). The van der Waals surface area contributed by atoms with Crippen LogP contribution in [0.5, 0.6) is 5.75 Å². The molecule has 0 unspecified atom stereocenters. The Hall–Kier alpha value is -1.91. The summed E-state index contributed by atoms with van der Waals surface area (Å²) in [4.78, 5) is 8.39. The van der Waals surface area contributed by atoms with Crippen LogP contribution >= 0.6 is 33.3 Å². The molecular formula is C23H18Cl3Cu2N6OS2. The third kappa shape index (κ3) is 11.2. The van der Waals surface area contributed by atoms with Crippen LogP contribution in [0.2, 0.25) is 10.0 Å². The number of phenolic OH excluding ortho intramolecular Hbond substituents is 1. The summed E-state index contributed by atoms with van der Waals surface area (Å²) in [6, 6.07) is 17.6. The van der Waals surface area contributed by atoms with Crippen molar-refractivity contribution in [1.29, 1.82) is 0 Å². The molecule has 7 nitrogen and oxygen atoms in total. The number of hydrazone groups is 2. The molecule has 0 aliphatic rings. The Morgan fingerprint density at radius 3 is 1.57 bits per heavy atom. The van der Waals surface area contributed by atoms with Gasteiger partial charge in [-0.25, -0.2) is 0 Å². The number of nitrogens with one attached hydrogen (secondary N) is 2. The summed E-state index contributed by atoms with van der Waals surface area (Å²) in [5.41, 5.74) is 8.12. The van der Waals surface area contributed by atoms with E-state index in [0.29, 0.717) is 32.5 Å². The first-order valence-electron chi connectivity index (χ1n) is 9.87. The Morgan fingerprint density at radius 2 is 1.19 bits per heavy atom. The predicted molar refractivity (Wildman–Crippen MR) is 152 cm³/mol. The number of rotatable bonds is 6. The Labute approximate surface area is 259 Å². The fourth-order valence-corrected chi connectivity index (χ4v) is 3.36. The van der Waals surface area contributed by atoms with E-state index in [4.69, 9.17) is 48.5 Å². The summed E-state index contributed by atoms with van der Waals surface area (Å²) in [5.74, 6) is -0.0235. The second-order valence-electron chi connectivity index (χ2n) is 6.77. The topological polar surface area (TPSA) is 93.7 Å². The number of benzene rings is 3. The Morgan fingerprint density at radius 1 is 0.811 bits per heavy atom. The molecule has 0 fully saturated rings. The molecule has 3 aromatic rings. The average Bonchev–Trinajstić information content (AvgIpc) is 2.86. The van der Waals surface area contributed by atoms with Gasteiger partial charge in [-0.1, -0.05) is 47.5 Å². The molecule has 0 aromatic heterocycles. The first-order chi connectivity index (χ1) is 17.3. The number of phenols is 1. The Balaban J connectivity index is 0.00000223. The standard InChI is InChI=1S/C23H20Cl2N6OS2.ClH.2Cu/c1-14-10-15(12-26-30-22(33)28-19-8-4-2-6-17(19)24)21(32)16(11-14)13-27-31-23(34)29-20-9-5-3-7-18(20)25;;;/h2-13,32H,1H3,(H2,28,30,33)(H2,29,31,34);1H;;/q;;+1;+2/p-3/b26-12+,27-13+;;;. The molecule has 3 N–H and O–H groups in total. The summed E-state index contributed by atoms with van der Waals surface area (Å²) in [6.07, 6.45) is 2.86. The van der Waals surface area contributed by atoms with Crippen LogP contribution in [0.25, 0.3) is 0 Å². The summed E-state index contributed by atoms with van der Waals surface area (Å²) < 4.78 is 0. The predicted octanol–water partition coefficient (Wildman–Crippen LogP) is 6.01. The summed E-state index contributed by atoms with van der Waals surface area (Å²) >= 11 is 26.1. The second-order valence-corrected chi connectivity index (χ2v) is 8.36. The zero-order valence-corrected chi connectivity index (χ0v) is 24.5. The van der Waals surface area contributed by atoms with Crippen LogP contribution in [0, 0.1) is 6.92 Å². The molecule has 14 heteroatoms. The summed E-state index contributed by atoms with van der Waals surface area (Å²) in [7, 11) is 4.20. The minimum atomic E-state index is -0.0235. The van der Waals surface area contributed by atoms with Gasteiger partial charge in [-0.3, -0.25) is 20.8 Å². The van der Waals surface area contributed by atoms with Crippen LogP contribution < -0.4 is 10.9 Å². The van der Waals surface area contributed by atoms with E-state index in [0.717, 1.165) is 5.56 Å². The molecule has 0 amide bonds. The van der Waals surface area contributed by atoms with Crippen LogP contribution in [0.1, 0.15) is 16.7 Å². The monoisotopic (exact) mass is 689 g/mol. The third-order valence-corrected chi connectivity index (χ3v) is 5.19. The Kier molecular flexibility index (Phi) is 15.7. The van der Waals surface area contributed by atoms with E-state index in [2.05, 4.69) is 56.2 Å². The smallest absolute Gasteiger partial charge is 1.00 e. The number of aryl methyl sites for hydroxylation is 1. The molecule has 0 atom stereocenters. The van der Waals surface area contributed by atoms with E-state index in [1.807, 2.05) is 6.92 Å². The van der Waals surface area contributed by atoms with Crippen LogP contribution in [0.4, 0.5) is 11.4 Å². The van der Waals surface area contributed by atoms with E-state index in [9.17, 15) is 5.11 Å². The number of hydrogen-bond donors (Lipinski definition) is 3. The quantitative estimate of drug-likeness (QED) is 0.0969. The van der Waals surface area contributed by atoms with Crippen LogP contribution in [0.15, 0.2) is 80.9 Å². The first-order valence-corrected chi connectivity index (χ1v) is 12.7. The molecule has 0 radical (unpaired) electrons. The van der Waals surface area contributed by atoms with E-state index in [-0.39, 0.29) is 33.2 Å². The molecule has 37 heavy (non-hydrogen) atoms. The van der Waals surface area contributed by atoms with E-state index in [1.54, 1.807) is 60.7 Å². The zero-order chi connectivity index (χ0) is 26.5. The van der Waals surface area contributed by atoms with Gasteiger partial charge in [-0.05, 0) is 48.9 Å². The number of amidine groups is 2. The van der Waals surface area contributed by atoms with Crippen LogP contribution in [0.3, 0.4) is 0 Å². The van der Waals surface area contributed by atoms with Crippen LogP contribution in [-0.4, -0.2) is 27.9 Å². The van der Waals surface area contributed by atoms with Gasteiger partial charge in [0, 0.05) is 21.5 Å². The van der Waals surface area contributed by atoms with Gasteiger partial charge in [0.15, 0.2) is 0 Å². The number of hydrogen-bond acceptors (Lipinski definition) is 7. The number of halogens is 3. The van der Waals surface area contributed by atoms with Crippen molar-refractivity contribution in [2.45, 2.75) is 6.92 Å². The van der Waals surface area contributed by atoms with Gasteiger partial charge in [0.2, 0.25) is 0 Å². The largest absolute Gasteiger partial charge is 1.00 e. The van der Waals surface area contributed by atoms with Crippen molar-refractivity contribution in [3.63, 3.8) is 0 Å². The van der Waals surface area contributed by atoms with Gasteiger partial charge in [0.05, 0.1) is 33.8 Å². The normalized spacial score (nSPS) is 11.6. The maximum atomic E-state index is 10.6. The van der Waals surface area contributed by atoms with Gasteiger partial charge >= 0.3 is 42.3 Å². The summed E-state index contributed by atoms with van der Waals surface area (Å²) in [5, 5.41) is 19.9. The van der Waals surface area contributed by atoms with Crippen molar-refractivity contribution < 1.29 is 37.3 Å².